The third-order valence-electron chi connectivity index (χ3n) is 2.29. The van der Waals surface area contributed by atoms with Crippen LogP contribution in [0.2, 0.25) is 0 Å². The molecule has 0 spiro atoms. The van der Waals surface area contributed by atoms with Crippen LogP contribution in [0.4, 0.5) is 0 Å². The molecule has 0 radical (unpaired) electrons. The summed E-state index contributed by atoms with van der Waals surface area (Å²) in [6.45, 7) is 0.648. The molecule has 2 N–H and O–H groups in total. The van der Waals surface area contributed by atoms with E-state index in [-0.39, 0.29) is 5.91 Å². The fourth-order valence-corrected chi connectivity index (χ4v) is 2.58. The number of hydrogen-bond donors (Lipinski definition) is 2. The van der Waals surface area contributed by atoms with E-state index in [9.17, 15) is 4.79 Å². The van der Waals surface area contributed by atoms with Gasteiger partial charge in [0.2, 0.25) is 0 Å². The van der Waals surface area contributed by atoms with Crippen molar-refractivity contribution in [2.24, 2.45) is 0 Å². The smallest absolute Gasteiger partial charge is 0.267 e. The van der Waals surface area contributed by atoms with Crippen molar-refractivity contribution in [3.8, 4) is 0 Å². The maximum Gasteiger partial charge on any atom is 0.267 e. The van der Waals surface area contributed by atoms with Gasteiger partial charge in [0.25, 0.3) is 5.91 Å². The number of rotatable bonds is 5. The normalized spacial score (nSPS) is 10.3. The van der Waals surface area contributed by atoms with Crippen molar-refractivity contribution < 1.29 is 4.79 Å². The molecule has 1 aromatic heterocycles. The summed E-state index contributed by atoms with van der Waals surface area (Å²) >= 11 is 5.03. The van der Waals surface area contributed by atoms with Gasteiger partial charge in [-0.2, -0.15) is 0 Å². The van der Waals surface area contributed by atoms with E-state index in [0.717, 1.165) is 10.2 Å². The number of H-pyrrole nitrogens is 1. The first-order valence-electron chi connectivity index (χ1n) is 5.55. The molecular formula is C13H13BrN2OS. The van der Waals surface area contributed by atoms with Crippen molar-refractivity contribution in [1.29, 1.82) is 0 Å². The Morgan fingerprint density at radius 1 is 1.33 bits per heavy atom. The molecule has 0 atom stereocenters. The molecule has 3 nitrogen and oxygen atoms in total. The highest BCUT2D eigenvalue weighted by Crippen LogP contribution is 2.16. The number of nitrogens with one attached hydrogen (secondary N) is 2. The molecule has 1 amide bonds. The minimum Gasteiger partial charge on any atom is -0.356 e. The number of amides is 1. The van der Waals surface area contributed by atoms with E-state index >= 15 is 0 Å². The molecule has 0 aliphatic rings. The van der Waals surface area contributed by atoms with Gasteiger partial charge in [-0.1, -0.05) is 18.2 Å². The molecule has 0 fully saturated rings. The van der Waals surface area contributed by atoms with Crippen LogP contribution in [0.25, 0.3) is 0 Å². The quantitative estimate of drug-likeness (QED) is 0.654. The van der Waals surface area contributed by atoms with Crippen molar-refractivity contribution in [3.63, 3.8) is 0 Å². The molecule has 0 saturated heterocycles. The second-order valence-corrected chi connectivity index (χ2v) is 5.73. The fraction of sp³-hybridized carbons (Fsp3) is 0.154. The zero-order chi connectivity index (χ0) is 12.8. The number of thioether (sulfide) groups is 1. The first-order valence-corrected chi connectivity index (χ1v) is 7.33. The monoisotopic (exact) mass is 324 g/mol. The van der Waals surface area contributed by atoms with Crippen molar-refractivity contribution in [3.05, 3.63) is 52.8 Å². The molecule has 2 aromatic rings. The first-order chi connectivity index (χ1) is 8.75. The van der Waals surface area contributed by atoms with E-state index in [1.165, 1.54) is 4.90 Å². The van der Waals surface area contributed by atoms with Crippen molar-refractivity contribution in [1.82, 2.24) is 10.3 Å². The minimum absolute atomic E-state index is 0.0747. The molecule has 94 valence electrons. The van der Waals surface area contributed by atoms with E-state index in [1.807, 2.05) is 18.2 Å². The van der Waals surface area contributed by atoms with Crippen LogP contribution in [0.15, 0.2) is 52.0 Å². The zero-order valence-electron chi connectivity index (χ0n) is 9.65. The third kappa shape index (κ3) is 3.92. The van der Waals surface area contributed by atoms with E-state index in [2.05, 4.69) is 38.4 Å². The lowest BCUT2D eigenvalue weighted by atomic mass is 10.4. The lowest BCUT2D eigenvalue weighted by molar-refractivity contribution is 0.0952. The second kappa shape index (κ2) is 6.66. The molecule has 2 rings (SSSR count). The number of aromatic amines is 1. The Morgan fingerprint density at radius 3 is 2.78 bits per heavy atom. The SMILES string of the molecule is O=C(NCCSc1ccccc1)c1cc(Br)c[nH]1. The average Bonchev–Trinajstić information content (AvgIpc) is 2.82. The number of carbonyl (C=O) groups is 1. The first kappa shape index (κ1) is 13.2. The Hall–Kier alpha value is -1.20. The Bertz CT molecular complexity index is 513. The summed E-state index contributed by atoms with van der Waals surface area (Å²) in [5.74, 6) is 0.784. The molecule has 0 unspecified atom stereocenters. The number of carbonyl (C=O) groups excluding carboxylic acids is 1. The minimum atomic E-state index is -0.0747. The molecule has 0 bridgehead atoms. The van der Waals surface area contributed by atoms with Crippen LogP contribution in [0.1, 0.15) is 10.5 Å². The van der Waals surface area contributed by atoms with Gasteiger partial charge >= 0.3 is 0 Å². The molecule has 5 heteroatoms. The highest BCUT2D eigenvalue weighted by atomic mass is 79.9. The molecular weight excluding hydrogens is 312 g/mol. The van der Waals surface area contributed by atoms with Gasteiger partial charge in [-0.3, -0.25) is 4.79 Å². The van der Waals surface area contributed by atoms with E-state index in [1.54, 1.807) is 24.0 Å². The summed E-state index contributed by atoms with van der Waals surface area (Å²) in [5.41, 5.74) is 0.576. The highest BCUT2D eigenvalue weighted by Gasteiger charge is 2.06. The van der Waals surface area contributed by atoms with Crippen LogP contribution in [0.3, 0.4) is 0 Å². The van der Waals surface area contributed by atoms with Crippen LogP contribution < -0.4 is 5.32 Å². The lowest BCUT2D eigenvalue weighted by Gasteiger charge is -2.03. The molecule has 0 aliphatic heterocycles. The Kier molecular flexibility index (Phi) is 4.90. The third-order valence-corrected chi connectivity index (χ3v) is 3.76. The van der Waals surface area contributed by atoms with E-state index in [0.29, 0.717) is 12.2 Å². The number of hydrogen-bond acceptors (Lipinski definition) is 2. The zero-order valence-corrected chi connectivity index (χ0v) is 12.1. The predicted octanol–water partition coefficient (Wildman–Crippen LogP) is 3.30. The van der Waals surface area contributed by atoms with E-state index < -0.39 is 0 Å². The van der Waals surface area contributed by atoms with Gasteiger partial charge in [0.05, 0.1) is 0 Å². The lowest BCUT2D eigenvalue weighted by Crippen LogP contribution is -2.25. The average molecular weight is 325 g/mol. The summed E-state index contributed by atoms with van der Waals surface area (Å²) < 4.78 is 0.881. The van der Waals surface area contributed by atoms with Crippen molar-refractivity contribution in [2.75, 3.05) is 12.3 Å². The van der Waals surface area contributed by atoms with Crippen LogP contribution in [-0.2, 0) is 0 Å². The number of aromatic nitrogens is 1. The summed E-state index contributed by atoms with van der Waals surface area (Å²) in [7, 11) is 0. The van der Waals surface area contributed by atoms with Gasteiger partial charge in [0, 0.05) is 27.9 Å². The Balaban J connectivity index is 1.71. The maximum absolute atomic E-state index is 11.7. The number of halogens is 1. The molecule has 1 aromatic carbocycles. The second-order valence-electron chi connectivity index (χ2n) is 3.65. The van der Waals surface area contributed by atoms with Crippen LogP contribution >= 0.6 is 27.7 Å². The molecule has 0 aliphatic carbocycles. The number of benzene rings is 1. The van der Waals surface area contributed by atoms with Crippen LogP contribution in [0, 0.1) is 0 Å². The summed E-state index contributed by atoms with van der Waals surface area (Å²) in [6.07, 6.45) is 1.74. The predicted molar refractivity (Wildman–Crippen MR) is 78.0 cm³/mol. The molecule has 18 heavy (non-hydrogen) atoms. The Labute approximate surface area is 118 Å². The van der Waals surface area contributed by atoms with Crippen molar-refractivity contribution in [2.45, 2.75) is 4.90 Å². The van der Waals surface area contributed by atoms with Crippen LogP contribution in [0.5, 0.6) is 0 Å². The topological polar surface area (TPSA) is 44.9 Å². The summed E-state index contributed by atoms with van der Waals surface area (Å²) in [6, 6.07) is 11.9. The van der Waals surface area contributed by atoms with Gasteiger partial charge in [0.1, 0.15) is 5.69 Å². The van der Waals surface area contributed by atoms with Gasteiger partial charge in [0.15, 0.2) is 0 Å². The van der Waals surface area contributed by atoms with E-state index in [4.69, 9.17) is 0 Å². The maximum atomic E-state index is 11.7. The standard InChI is InChI=1S/C13H13BrN2OS/c14-10-8-12(16-9-10)13(17)15-6-7-18-11-4-2-1-3-5-11/h1-5,8-9,16H,6-7H2,(H,15,17). The summed E-state index contributed by atoms with van der Waals surface area (Å²) in [5, 5.41) is 2.87. The van der Waals surface area contributed by atoms with Crippen LogP contribution in [-0.4, -0.2) is 23.2 Å². The largest absolute Gasteiger partial charge is 0.356 e. The molecule has 0 saturated carbocycles. The Morgan fingerprint density at radius 2 is 2.11 bits per heavy atom. The van der Waals surface area contributed by atoms with Gasteiger partial charge in [-0.15, -0.1) is 11.8 Å². The summed E-state index contributed by atoms with van der Waals surface area (Å²) in [4.78, 5) is 15.8. The van der Waals surface area contributed by atoms with Gasteiger partial charge in [-0.25, -0.2) is 0 Å². The molecule has 1 heterocycles. The van der Waals surface area contributed by atoms with Crippen molar-refractivity contribution >= 4 is 33.6 Å². The van der Waals surface area contributed by atoms with Gasteiger partial charge < -0.3 is 10.3 Å². The highest BCUT2D eigenvalue weighted by molar-refractivity contribution is 9.10. The van der Waals surface area contributed by atoms with Gasteiger partial charge in [-0.05, 0) is 34.1 Å². The fourth-order valence-electron chi connectivity index (χ4n) is 1.44.